The number of hydrogen-bond acceptors (Lipinski definition) is 5. The number of carbonyl (C=O) groups excluding carboxylic acids is 1. The van der Waals surface area contributed by atoms with Gasteiger partial charge in [0, 0.05) is 36.8 Å². The molecule has 8 heteroatoms. The molecule has 1 saturated carbocycles. The van der Waals surface area contributed by atoms with Gasteiger partial charge in [-0.2, -0.15) is 0 Å². The van der Waals surface area contributed by atoms with E-state index >= 15 is 0 Å². The molecule has 31 heavy (non-hydrogen) atoms. The van der Waals surface area contributed by atoms with Gasteiger partial charge in [0.25, 0.3) is 5.91 Å². The fourth-order valence-corrected chi connectivity index (χ4v) is 3.91. The van der Waals surface area contributed by atoms with Crippen molar-refractivity contribution >= 4 is 12.0 Å². The molecule has 166 valence electrons. The lowest BCUT2D eigenvalue weighted by Crippen LogP contribution is -2.34. The molecule has 0 aliphatic heterocycles. The predicted octanol–water partition coefficient (Wildman–Crippen LogP) is 3.02. The van der Waals surface area contributed by atoms with E-state index in [1.54, 1.807) is 12.1 Å². The number of nitrogens with zero attached hydrogens (tertiary/aromatic N) is 1. The van der Waals surface area contributed by atoms with Crippen LogP contribution in [0.2, 0.25) is 0 Å². The normalized spacial score (nSPS) is 18.3. The molecule has 1 aromatic heterocycles. The van der Waals surface area contributed by atoms with Crippen LogP contribution in [0.4, 0.5) is 4.79 Å². The van der Waals surface area contributed by atoms with Crippen LogP contribution in [0.25, 0.3) is 11.3 Å². The van der Waals surface area contributed by atoms with E-state index in [1.807, 2.05) is 24.3 Å². The Bertz CT molecular complexity index is 893. The van der Waals surface area contributed by atoms with Gasteiger partial charge in [0.2, 0.25) is 5.88 Å². The van der Waals surface area contributed by atoms with Crippen LogP contribution in [0.5, 0.6) is 5.88 Å². The van der Waals surface area contributed by atoms with Crippen molar-refractivity contribution < 1.29 is 19.4 Å². The average molecular weight is 427 g/mol. The third-order valence-electron chi connectivity index (χ3n) is 5.82. The highest BCUT2D eigenvalue weighted by atomic mass is 16.5. The second-order valence-corrected chi connectivity index (χ2v) is 7.97. The number of ether oxygens (including phenoxy) is 1. The lowest BCUT2D eigenvalue weighted by atomic mass is 9.82. The molecule has 0 bridgehead atoms. The van der Waals surface area contributed by atoms with Gasteiger partial charge in [0.15, 0.2) is 0 Å². The molecule has 0 atom stereocenters. The lowest BCUT2D eigenvalue weighted by molar-refractivity contribution is 0.0940. The number of benzene rings is 1. The molecule has 1 aliphatic rings. The van der Waals surface area contributed by atoms with Gasteiger partial charge < -0.3 is 26.2 Å². The Morgan fingerprint density at radius 1 is 1.06 bits per heavy atom. The zero-order valence-electron chi connectivity index (χ0n) is 17.8. The number of carboxylic acid groups (broad SMARTS) is 1. The summed E-state index contributed by atoms with van der Waals surface area (Å²) in [6.45, 7) is 1.57. The second kappa shape index (κ2) is 10.8. The van der Waals surface area contributed by atoms with Gasteiger partial charge in [-0.3, -0.25) is 4.79 Å². The van der Waals surface area contributed by atoms with Crippen LogP contribution in [-0.4, -0.2) is 42.3 Å². The van der Waals surface area contributed by atoms with Crippen molar-refractivity contribution in [1.29, 1.82) is 0 Å². The molecule has 0 spiro atoms. The summed E-state index contributed by atoms with van der Waals surface area (Å²) in [6, 6.07) is 11.2. The van der Waals surface area contributed by atoms with Crippen molar-refractivity contribution in [2.45, 2.75) is 32.2 Å². The number of pyridine rings is 1. The highest BCUT2D eigenvalue weighted by molar-refractivity contribution is 5.95. The Labute approximate surface area is 182 Å². The number of hydrogen-bond donors (Lipinski definition) is 4. The van der Waals surface area contributed by atoms with Gasteiger partial charge in [-0.05, 0) is 49.1 Å². The predicted molar refractivity (Wildman–Crippen MR) is 118 cm³/mol. The van der Waals surface area contributed by atoms with Crippen LogP contribution >= 0.6 is 0 Å². The van der Waals surface area contributed by atoms with Crippen LogP contribution in [0.15, 0.2) is 36.4 Å². The van der Waals surface area contributed by atoms with Gasteiger partial charge in [-0.15, -0.1) is 0 Å². The maximum atomic E-state index is 12.8. The number of nitrogens with two attached hydrogens (primary N) is 1. The van der Waals surface area contributed by atoms with Crippen molar-refractivity contribution in [3.63, 3.8) is 0 Å². The SMILES string of the molecule is COc1cc(C(=O)NCC2CCC(CNC(=O)O)CC2)cc(-c2ccc(CN)cc2)n1. The third-order valence-corrected chi connectivity index (χ3v) is 5.82. The largest absolute Gasteiger partial charge is 0.481 e. The first kappa shape index (κ1) is 22.6. The van der Waals surface area contributed by atoms with Crippen LogP contribution in [0.1, 0.15) is 41.6 Å². The molecule has 1 aromatic carbocycles. The van der Waals surface area contributed by atoms with Gasteiger partial charge in [0.05, 0.1) is 12.8 Å². The molecule has 1 heterocycles. The maximum Gasteiger partial charge on any atom is 0.404 e. The summed E-state index contributed by atoms with van der Waals surface area (Å²) < 4.78 is 5.30. The van der Waals surface area contributed by atoms with Crippen LogP contribution in [-0.2, 0) is 6.54 Å². The molecule has 1 aliphatic carbocycles. The molecule has 3 rings (SSSR count). The Balaban J connectivity index is 1.59. The first-order chi connectivity index (χ1) is 15.0. The lowest BCUT2D eigenvalue weighted by Gasteiger charge is -2.28. The van der Waals surface area contributed by atoms with Crippen LogP contribution in [0, 0.1) is 11.8 Å². The quantitative estimate of drug-likeness (QED) is 0.514. The Morgan fingerprint density at radius 3 is 2.23 bits per heavy atom. The molecular weight excluding hydrogens is 396 g/mol. The van der Waals surface area contributed by atoms with E-state index in [-0.39, 0.29) is 5.91 Å². The fraction of sp³-hybridized carbons (Fsp3) is 0.435. The van der Waals surface area contributed by atoms with Crippen LogP contribution < -0.4 is 21.1 Å². The van der Waals surface area contributed by atoms with Crippen molar-refractivity contribution in [2.75, 3.05) is 20.2 Å². The van der Waals surface area contributed by atoms with Crippen molar-refractivity contribution in [2.24, 2.45) is 17.6 Å². The van der Waals surface area contributed by atoms with Gasteiger partial charge in [-0.1, -0.05) is 24.3 Å². The average Bonchev–Trinajstić information content (AvgIpc) is 2.81. The summed E-state index contributed by atoms with van der Waals surface area (Å²) in [5.74, 6) is 1.00. The minimum atomic E-state index is -0.975. The zero-order valence-corrected chi connectivity index (χ0v) is 17.8. The highest BCUT2D eigenvalue weighted by Gasteiger charge is 2.22. The summed E-state index contributed by atoms with van der Waals surface area (Å²) in [5, 5.41) is 14.2. The Kier molecular flexibility index (Phi) is 7.83. The molecule has 8 nitrogen and oxygen atoms in total. The minimum absolute atomic E-state index is 0.157. The molecular formula is C23H30N4O4. The summed E-state index contributed by atoms with van der Waals surface area (Å²) in [5.41, 5.74) is 8.75. The molecule has 2 amide bonds. The number of nitrogens with one attached hydrogen (secondary N) is 2. The van der Waals surface area contributed by atoms with E-state index in [2.05, 4.69) is 15.6 Å². The summed E-state index contributed by atoms with van der Waals surface area (Å²) in [6.07, 6.45) is 2.91. The number of carbonyl (C=O) groups is 2. The molecule has 2 aromatic rings. The third kappa shape index (κ3) is 6.42. The fourth-order valence-electron chi connectivity index (χ4n) is 3.91. The van der Waals surface area contributed by atoms with Crippen molar-refractivity contribution in [3.05, 3.63) is 47.5 Å². The molecule has 0 saturated heterocycles. The monoisotopic (exact) mass is 426 g/mol. The summed E-state index contributed by atoms with van der Waals surface area (Å²) in [4.78, 5) is 27.9. The van der Waals surface area contributed by atoms with E-state index in [4.69, 9.17) is 15.6 Å². The number of methoxy groups -OCH3 is 1. The number of rotatable bonds is 8. The number of aromatic nitrogens is 1. The van der Waals surface area contributed by atoms with Gasteiger partial charge >= 0.3 is 6.09 Å². The first-order valence-electron chi connectivity index (χ1n) is 10.6. The Hall–Kier alpha value is -3.13. The van der Waals surface area contributed by atoms with E-state index in [1.165, 1.54) is 7.11 Å². The second-order valence-electron chi connectivity index (χ2n) is 7.97. The van der Waals surface area contributed by atoms with Crippen LogP contribution in [0.3, 0.4) is 0 Å². The summed E-state index contributed by atoms with van der Waals surface area (Å²) in [7, 11) is 1.53. The van der Waals surface area contributed by atoms with E-state index in [0.717, 1.165) is 36.8 Å². The zero-order chi connectivity index (χ0) is 22.2. The first-order valence-corrected chi connectivity index (χ1v) is 10.6. The highest BCUT2D eigenvalue weighted by Crippen LogP contribution is 2.28. The number of amides is 2. The Morgan fingerprint density at radius 2 is 1.68 bits per heavy atom. The van der Waals surface area contributed by atoms with E-state index in [0.29, 0.717) is 48.6 Å². The molecule has 0 radical (unpaired) electrons. The minimum Gasteiger partial charge on any atom is -0.481 e. The molecule has 1 fully saturated rings. The smallest absolute Gasteiger partial charge is 0.404 e. The van der Waals surface area contributed by atoms with Crippen molar-refractivity contribution in [1.82, 2.24) is 15.6 Å². The summed E-state index contributed by atoms with van der Waals surface area (Å²) >= 11 is 0. The molecule has 5 N–H and O–H groups in total. The van der Waals surface area contributed by atoms with E-state index in [9.17, 15) is 9.59 Å². The van der Waals surface area contributed by atoms with Crippen molar-refractivity contribution in [3.8, 4) is 17.1 Å². The maximum absolute atomic E-state index is 12.8. The topological polar surface area (TPSA) is 127 Å². The van der Waals surface area contributed by atoms with E-state index < -0.39 is 6.09 Å². The molecule has 0 unspecified atom stereocenters. The van der Waals surface area contributed by atoms with Gasteiger partial charge in [-0.25, -0.2) is 9.78 Å². The standard InChI is InChI=1S/C23H30N4O4/c1-31-21-11-19(10-20(27-21)18-8-6-15(12-24)7-9-18)22(28)25-13-16-2-4-17(5-3-16)14-26-23(29)30/h6-11,16-17,26H,2-5,12-14,24H2,1H3,(H,25,28)(H,29,30). The van der Waals surface area contributed by atoms with Gasteiger partial charge in [0.1, 0.15) is 0 Å².